The number of nitrogens with two attached hydrogens (primary N) is 1. The molecular weight excluding hydrogens is 344 g/mol. The standard InChI is InChI=1S/C20H26N4O3/c21-16-6-9-26-18(12-16)15-4-2-8-24(13-15)20(25)23-17-5-1-3-14(11-17)19-22-7-10-27-19/h1,3,5,7,10-11,15-16,18H,2,4,6,8-9,12-13,21H2,(H,23,25). The van der Waals surface area contributed by atoms with Gasteiger partial charge in [0.15, 0.2) is 0 Å². The number of urea groups is 1. The fourth-order valence-corrected chi connectivity index (χ4v) is 3.98. The Labute approximate surface area is 158 Å². The van der Waals surface area contributed by atoms with Crippen LogP contribution in [0.25, 0.3) is 11.5 Å². The molecule has 2 aliphatic rings. The van der Waals surface area contributed by atoms with Gasteiger partial charge in [0, 0.05) is 42.9 Å². The lowest BCUT2D eigenvalue weighted by atomic mass is 9.87. The van der Waals surface area contributed by atoms with Crippen molar-refractivity contribution in [1.29, 1.82) is 0 Å². The Morgan fingerprint density at radius 2 is 2.26 bits per heavy atom. The summed E-state index contributed by atoms with van der Waals surface area (Å²) in [5.74, 6) is 0.893. The molecule has 0 spiro atoms. The van der Waals surface area contributed by atoms with E-state index >= 15 is 0 Å². The molecule has 1 aromatic carbocycles. The molecule has 4 rings (SSSR count). The number of nitrogens with zero attached hydrogens (tertiary/aromatic N) is 2. The number of piperidine rings is 1. The smallest absolute Gasteiger partial charge is 0.321 e. The second-order valence-electron chi connectivity index (χ2n) is 7.39. The third-order valence-electron chi connectivity index (χ3n) is 5.42. The molecule has 2 aromatic rings. The van der Waals surface area contributed by atoms with Crippen molar-refractivity contribution in [1.82, 2.24) is 9.88 Å². The number of ether oxygens (including phenoxy) is 1. The lowest BCUT2D eigenvalue weighted by Gasteiger charge is -2.39. The van der Waals surface area contributed by atoms with Crippen molar-refractivity contribution in [3.05, 3.63) is 36.7 Å². The van der Waals surface area contributed by atoms with Gasteiger partial charge in [-0.1, -0.05) is 6.07 Å². The molecule has 7 nitrogen and oxygen atoms in total. The average molecular weight is 370 g/mol. The van der Waals surface area contributed by atoms with Crippen LogP contribution in [0.15, 0.2) is 41.1 Å². The molecule has 3 atom stereocenters. The summed E-state index contributed by atoms with van der Waals surface area (Å²) in [6, 6.07) is 7.66. The van der Waals surface area contributed by atoms with Crippen molar-refractivity contribution >= 4 is 11.7 Å². The van der Waals surface area contributed by atoms with Gasteiger partial charge in [-0.3, -0.25) is 0 Å². The summed E-state index contributed by atoms with van der Waals surface area (Å²) in [6.07, 6.45) is 7.19. The Kier molecular flexibility index (Phi) is 5.40. The molecule has 3 heterocycles. The highest BCUT2D eigenvalue weighted by atomic mass is 16.5. The zero-order valence-electron chi connectivity index (χ0n) is 15.3. The molecule has 2 aliphatic heterocycles. The molecule has 0 bridgehead atoms. The molecule has 0 radical (unpaired) electrons. The van der Waals surface area contributed by atoms with E-state index in [0.29, 0.717) is 18.4 Å². The van der Waals surface area contributed by atoms with E-state index in [-0.39, 0.29) is 18.2 Å². The third-order valence-corrected chi connectivity index (χ3v) is 5.42. The largest absolute Gasteiger partial charge is 0.445 e. The van der Waals surface area contributed by atoms with Gasteiger partial charge in [0.2, 0.25) is 5.89 Å². The van der Waals surface area contributed by atoms with Gasteiger partial charge >= 0.3 is 6.03 Å². The zero-order chi connectivity index (χ0) is 18.6. The molecule has 7 heteroatoms. The number of hydrogen-bond donors (Lipinski definition) is 2. The highest BCUT2D eigenvalue weighted by Gasteiger charge is 2.32. The summed E-state index contributed by atoms with van der Waals surface area (Å²) >= 11 is 0. The van der Waals surface area contributed by atoms with Gasteiger partial charge in [0.05, 0.1) is 12.3 Å². The Morgan fingerprint density at radius 1 is 1.33 bits per heavy atom. The highest BCUT2D eigenvalue weighted by Crippen LogP contribution is 2.28. The van der Waals surface area contributed by atoms with Gasteiger partial charge in [-0.05, 0) is 43.9 Å². The van der Waals surface area contributed by atoms with Crippen LogP contribution in [0, 0.1) is 5.92 Å². The summed E-state index contributed by atoms with van der Waals surface area (Å²) in [5.41, 5.74) is 7.66. The number of aromatic nitrogens is 1. The maximum Gasteiger partial charge on any atom is 0.321 e. The topological polar surface area (TPSA) is 93.6 Å². The molecule has 27 heavy (non-hydrogen) atoms. The van der Waals surface area contributed by atoms with Gasteiger partial charge < -0.3 is 25.1 Å². The first-order chi connectivity index (χ1) is 13.2. The first-order valence-electron chi connectivity index (χ1n) is 9.62. The predicted molar refractivity (Wildman–Crippen MR) is 102 cm³/mol. The van der Waals surface area contributed by atoms with Crippen LogP contribution >= 0.6 is 0 Å². The number of likely N-dealkylation sites (tertiary alicyclic amines) is 1. The number of carbonyl (C=O) groups excluding carboxylic acids is 1. The van der Waals surface area contributed by atoms with Crippen LogP contribution in [0.5, 0.6) is 0 Å². The minimum absolute atomic E-state index is 0.0793. The number of anilines is 1. The van der Waals surface area contributed by atoms with Crippen molar-refractivity contribution < 1.29 is 13.9 Å². The fourth-order valence-electron chi connectivity index (χ4n) is 3.98. The predicted octanol–water partition coefficient (Wildman–Crippen LogP) is 3.09. The van der Waals surface area contributed by atoms with E-state index < -0.39 is 0 Å². The minimum atomic E-state index is -0.0793. The number of carbonyl (C=O) groups is 1. The maximum atomic E-state index is 12.8. The lowest BCUT2D eigenvalue weighted by Crippen LogP contribution is -2.48. The molecule has 0 aliphatic carbocycles. The number of nitrogens with one attached hydrogen (secondary N) is 1. The second kappa shape index (κ2) is 8.10. The minimum Gasteiger partial charge on any atom is -0.445 e. The SMILES string of the molecule is NC1CCOC(C2CCCN(C(=O)Nc3cccc(-c4ncco4)c3)C2)C1. The van der Waals surface area contributed by atoms with Gasteiger partial charge in [0.25, 0.3) is 0 Å². The summed E-state index contributed by atoms with van der Waals surface area (Å²) in [7, 11) is 0. The lowest BCUT2D eigenvalue weighted by molar-refractivity contribution is -0.0421. The number of amides is 2. The quantitative estimate of drug-likeness (QED) is 0.866. The zero-order valence-corrected chi connectivity index (χ0v) is 15.3. The molecule has 144 valence electrons. The summed E-state index contributed by atoms with van der Waals surface area (Å²) in [6.45, 7) is 2.20. The van der Waals surface area contributed by atoms with Gasteiger partial charge in [-0.2, -0.15) is 0 Å². The summed E-state index contributed by atoms with van der Waals surface area (Å²) < 4.78 is 11.3. The normalized spacial score (nSPS) is 26.0. The Hall–Kier alpha value is -2.38. The number of oxazole rings is 1. The summed E-state index contributed by atoms with van der Waals surface area (Å²) in [4.78, 5) is 18.8. The van der Waals surface area contributed by atoms with E-state index in [1.165, 1.54) is 6.26 Å². The van der Waals surface area contributed by atoms with Crippen molar-refractivity contribution in [2.75, 3.05) is 25.0 Å². The van der Waals surface area contributed by atoms with Crippen LogP contribution in [0.4, 0.5) is 10.5 Å². The van der Waals surface area contributed by atoms with Crippen LogP contribution in [-0.4, -0.2) is 47.8 Å². The van der Waals surface area contributed by atoms with Crippen molar-refractivity contribution in [3.63, 3.8) is 0 Å². The third kappa shape index (κ3) is 4.31. The molecule has 2 fully saturated rings. The monoisotopic (exact) mass is 370 g/mol. The van der Waals surface area contributed by atoms with Crippen LogP contribution in [0.1, 0.15) is 25.7 Å². The van der Waals surface area contributed by atoms with E-state index in [0.717, 1.165) is 50.1 Å². The van der Waals surface area contributed by atoms with Crippen LogP contribution in [0.2, 0.25) is 0 Å². The molecule has 3 N–H and O–H groups in total. The Bertz CT molecular complexity index is 764. The van der Waals surface area contributed by atoms with E-state index in [1.807, 2.05) is 29.2 Å². The molecule has 2 saturated heterocycles. The molecule has 0 saturated carbocycles. The number of rotatable bonds is 3. The fraction of sp³-hybridized carbons (Fsp3) is 0.500. The highest BCUT2D eigenvalue weighted by molar-refractivity contribution is 5.90. The number of benzene rings is 1. The Balaban J connectivity index is 1.38. The Morgan fingerprint density at radius 3 is 3.07 bits per heavy atom. The molecule has 3 unspecified atom stereocenters. The van der Waals surface area contributed by atoms with E-state index in [9.17, 15) is 4.79 Å². The second-order valence-corrected chi connectivity index (χ2v) is 7.39. The van der Waals surface area contributed by atoms with Crippen molar-refractivity contribution in [2.24, 2.45) is 11.7 Å². The molecule has 1 aromatic heterocycles. The van der Waals surface area contributed by atoms with Crippen LogP contribution < -0.4 is 11.1 Å². The first kappa shape index (κ1) is 18.0. The van der Waals surface area contributed by atoms with Gasteiger partial charge in [-0.25, -0.2) is 9.78 Å². The average Bonchev–Trinajstić information content (AvgIpc) is 3.23. The van der Waals surface area contributed by atoms with Gasteiger partial charge in [-0.15, -0.1) is 0 Å². The summed E-state index contributed by atoms with van der Waals surface area (Å²) in [5, 5.41) is 3.00. The molecule has 2 amide bonds. The van der Waals surface area contributed by atoms with E-state index in [4.69, 9.17) is 14.9 Å². The van der Waals surface area contributed by atoms with Crippen molar-refractivity contribution in [3.8, 4) is 11.5 Å². The van der Waals surface area contributed by atoms with Gasteiger partial charge in [0.1, 0.15) is 6.26 Å². The van der Waals surface area contributed by atoms with E-state index in [2.05, 4.69) is 10.3 Å². The first-order valence-corrected chi connectivity index (χ1v) is 9.62. The van der Waals surface area contributed by atoms with Crippen LogP contribution in [-0.2, 0) is 4.74 Å². The number of hydrogen-bond acceptors (Lipinski definition) is 5. The van der Waals surface area contributed by atoms with Crippen LogP contribution in [0.3, 0.4) is 0 Å². The molecular formula is C20H26N4O3. The maximum absolute atomic E-state index is 12.8. The van der Waals surface area contributed by atoms with E-state index in [1.54, 1.807) is 6.20 Å². The van der Waals surface area contributed by atoms with Crippen molar-refractivity contribution in [2.45, 2.75) is 37.8 Å².